The number of amides is 1. The minimum atomic E-state index is -0.148. The highest BCUT2D eigenvalue weighted by atomic mass is 16.5. The molecule has 3 aromatic rings. The Morgan fingerprint density at radius 1 is 1.15 bits per heavy atom. The fourth-order valence-corrected chi connectivity index (χ4v) is 2.79. The third-order valence-electron chi connectivity index (χ3n) is 4.05. The van der Waals surface area contributed by atoms with Crippen LogP contribution in [0.1, 0.15) is 2.85 Å². The van der Waals surface area contributed by atoms with Gasteiger partial charge in [-0.3, -0.25) is 4.79 Å². The summed E-state index contributed by atoms with van der Waals surface area (Å²) in [6, 6.07) is 17.2. The van der Waals surface area contributed by atoms with Gasteiger partial charge in [0.15, 0.2) is 6.61 Å². The molecule has 0 bridgehead atoms. The highest BCUT2D eigenvalue weighted by Crippen LogP contribution is 2.33. The van der Waals surface area contributed by atoms with Gasteiger partial charge in [-0.2, -0.15) is 0 Å². The summed E-state index contributed by atoms with van der Waals surface area (Å²) in [6.07, 6.45) is 1.74. The first kappa shape index (κ1) is 16.0. The number of rotatable bonds is 4. The molecule has 4 rings (SSSR count). The maximum Gasteiger partial charge on any atom is 0.262 e. The number of pyridine rings is 1. The van der Waals surface area contributed by atoms with E-state index in [1.165, 1.54) is 0 Å². The number of anilines is 3. The Bertz CT molecular complexity index is 982. The molecule has 1 aliphatic rings. The predicted octanol–water partition coefficient (Wildman–Crippen LogP) is 4.32. The van der Waals surface area contributed by atoms with Crippen molar-refractivity contribution in [2.45, 2.75) is 0 Å². The van der Waals surface area contributed by atoms with Crippen molar-refractivity contribution in [1.82, 2.24) is 4.98 Å². The predicted molar refractivity (Wildman–Crippen MR) is 104 cm³/mol. The van der Waals surface area contributed by atoms with Crippen molar-refractivity contribution in [3.8, 4) is 22.6 Å². The Morgan fingerprint density at radius 3 is 2.92 bits per heavy atom. The number of nitrogens with zero attached hydrogens (tertiary/aromatic N) is 1. The highest BCUT2D eigenvalue weighted by Gasteiger charge is 2.16. The number of aromatic nitrogens is 1. The molecule has 6 nitrogen and oxygen atoms in total. The van der Waals surface area contributed by atoms with Gasteiger partial charge in [-0.1, -0.05) is 12.1 Å². The van der Waals surface area contributed by atoms with Crippen molar-refractivity contribution in [1.29, 1.82) is 0 Å². The molecule has 26 heavy (non-hydrogen) atoms. The summed E-state index contributed by atoms with van der Waals surface area (Å²) in [5, 5.41) is 6.10. The minimum Gasteiger partial charge on any atom is -0.497 e. The number of ether oxygens (including phenoxy) is 2. The molecule has 134 valence electrons. The summed E-state index contributed by atoms with van der Waals surface area (Å²) in [5.74, 6) is 2.02. The second-order valence-corrected chi connectivity index (χ2v) is 5.83. The van der Waals surface area contributed by atoms with Crippen LogP contribution < -0.4 is 20.1 Å². The standard InChI is InChI=1S/C20H17N3O3.2H2/c1-25-16-4-2-3-15(11-16)22-19-10-14(7-8-21-19)13-5-6-18-17(9-13)23-20(24)12-26-18;;/h2-11H,12H2,1H3,(H,21,22)(H,23,24);2*1H. The summed E-state index contributed by atoms with van der Waals surface area (Å²) < 4.78 is 10.6. The second kappa shape index (κ2) is 6.76. The van der Waals surface area contributed by atoms with Gasteiger partial charge in [0.1, 0.15) is 17.3 Å². The van der Waals surface area contributed by atoms with Crippen LogP contribution in [0.3, 0.4) is 0 Å². The Labute approximate surface area is 153 Å². The molecule has 1 aliphatic heterocycles. The van der Waals surface area contributed by atoms with Gasteiger partial charge in [-0.25, -0.2) is 4.98 Å². The van der Waals surface area contributed by atoms with Gasteiger partial charge in [-0.05, 0) is 47.5 Å². The average molecular weight is 351 g/mol. The molecule has 0 radical (unpaired) electrons. The SMILES string of the molecule is COc1cccc(Nc2cc(-c3ccc4c(c3)NC(=O)CO4)ccn2)c1.[HH].[HH]. The summed E-state index contributed by atoms with van der Waals surface area (Å²) in [6.45, 7) is 0.0518. The number of methoxy groups -OCH3 is 1. The lowest BCUT2D eigenvalue weighted by molar-refractivity contribution is -0.118. The fraction of sp³-hybridized carbons (Fsp3) is 0.100. The molecule has 1 amide bonds. The fourth-order valence-electron chi connectivity index (χ4n) is 2.79. The minimum absolute atomic E-state index is 0. The lowest BCUT2D eigenvalue weighted by Crippen LogP contribution is -2.25. The molecule has 0 unspecified atom stereocenters. The second-order valence-electron chi connectivity index (χ2n) is 5.83. The zero-order valence-electron chi connectivity index (χ0n) is 14.2. The van der Waals surface area contributed by atoms with Gasteiger partial charge in [-0.15, -0.1) is 0 Å². The Balaban J connectivity index is 0.00000140. The zero-order chi connectivity index (χ0) is 17.9. The molecule has 2 aromatic carbocycles. The van der Waals surface area contributed by atoms with Crippen LogP contribution in [0.2, 0.25) is 0 Å². The van der Waals surface area contributed by atoms with E-state index in [0.717, 1.165) is 22.6 Å². The van der Waals surface area contributed by atoms with E-state index in [4.69, 9.17) is 9.47 Å². The number of hydrogen-bond acceptors (Lipinski definition) is 5. The maximum absolute atomic E-state index is 11.5. The third kappa shape index (κ3) is 3.30. The number of carbonyl (C=O) groups excluding carboxylic acids is 1. The van der Waals surface area contributed by atoms with Crippen LogP contribution in [0.5, 0.6) is 11.5 Å². The van der Waals surface area contributed by atoms with Crippen molar-refractivity contribution in [3.05, 3.63) is 60.8 Å². The van der Waals surface area contributed by atoms with E-state index < -0.39 is 0 Å². The maximum atomic E-state index is 11.5. The molecule has 0 saturated carbocycles. The number of fused-ring (bicyclic) bond motifs is 1. The Hall–Kier alpha value is -3.54. The molecule has 2 heterocycles. The normalized spacial score (nSPS) is 12.6. The van der Waals surface area contributed by atoms with Crippen molar-refractivity contribution in [2.24, 2.45) is 0 Å². The van der Waals surface area contributed by atoms with Crippen molar-refractivity contribution < 1.29 is 17.1 Å². The Morgan fingerprint density at radius 2 is 2.04 bits per heavy atom. The summed E-state index contributed by atoms with van der Waals surface area (Å²) in [5.41, 5.74) is 3.51. The van der Waals surface area contributed by atoms with E-state index in [0.29, 0.717) is 17.3 Å². The van der Waals surface area contributed by atoms with Crippen LogP contribution in [0.15, 0.2) is 60.8 Å². The molecule has 2 N–H and O–H groups in total. The van der Waals surface area contributed by atoms with Crippen LogP contribution in [0, 0.1) is 0 Å². The van der Waals surface area contributed by atoms with Crippen LogP contribution in [0.25, 0.3) is 11.1 Å². The topological polar surface area (TPSA) is 72.5 Å². The number of carbonyl (C=O) groups is 1. The van der Waals surface area contributed by atoms with Crippen LogP contribution in [-0.2, 0) is 4.79 Å². The monoisotopic (exact) mass is 351 g/mol. The first-order valence-corrected chi connectivity index (χ1v) is 8.15. The average Bonchev–Trinajstić information content (AvgIpc) is 2.68. The van der Waals surface area contributed by atoms with E-state index in [1.54, 1.807) is 13.3 Å². The molecule has 1 aromatic heterocycles. The van der Waals surface area contributed by atoms with E-state index in [2.05, 4.69) is 15.6 Å². The van der Waals surface area contributed by atoms with Crippen LogP contribution >= 0.6 is 0 Å². The molecule has 0 atom stereocenters. The van der Waals surface area contributed by atoms with Gasteiger partial charge in [0.2, 0.25) is 0 Å². The van der Waals surface area contributed by atoms with Gasteiger partial charge in [0, 0.05) is 20.8 Å². The molecule has 6 heteroatoms. The van der Waals surface area contributed by atoms with Crippen molar-refractivity contribution >= 4 is 23.1 Å². The third-order valence-corrected chi connectivity index (χ3v) is 4.05. The van der Waals surface area contributed by atoms with E-state index in [-0.39, 0.29) is 15.4 Å². The number of nitrogens with one attached hydrogen (secondary N) is 2. The molecular weight excluding hydrogens is 330 g/mol. The molecule has 0 spiro atoms. The van der Waals surface area contributed by atoms with Gasteiger partial charge in [0.05, 0.1) is 12.8 Å². The first-order chi connectivity index (χ1) is 12.7. The molecule has 0 saturated heterocycles. The van der Waals surface area contributed by atoms with Gasteiger partial charge >= 0.3 is 0 Å². The number of benzene rings is 2. The van der Waals surface area contributed by atoms with Gasteiger partial charge in [0.25, 0.3) is 5.91 Å². The molecule has 0 fully saturated rings. The summed E-state index contributed by atoms with van der Waals surface area (Å²) in [7, 11) is 1.64. The largest absolute Gasteiger partial charge is 0.497 e. The van der Waals surface area contributed by atoms with Crippen LogP contribution in [-0.4, -0.2) is 24.6 Å². The molecule has 0 aliphatic carbocycles. The number of hydrogen-bond donors (Lipinski definition) is 2. The smallest absolute Gasteiger partial charge is 0.262 e. The van der Waals surface area contributed by atoms with Crippen LogP contribution in [0.4, 0.5) is 17.2 Å². The zero-order valence-corrected chi connectivity index (χ0v) is 14.2. The lowest BCUT2D eigenvalue weighted by Gasteiger charge is -2.18. The summed E-state index contributed by atoms with van der Waals surface area (Å²) >= 11 is 0. The lowest BCUT2D eigenvalue weighted by atomic mass is 10.1. The first-order valence-electron chi connectivity index (χ1n) is 8.15. The Kier molecular flexibility index (Phi) is 4.15. The quantitative estimate of drug-likeness (QED) is 0.732. The van der Waals surface area contributed by atoms with E-state index >= 15 is 0 Å². The highest BCUT2D eigenvalue weighted by molar-refractivity contribution is 5.96. The van der Waals surface area contributed by atoms with E-state index in [9.17, 15) is 4.79 Å². The van der Waals surface area contributed by atoms with Crippen molar-refractivity contribution in [3.63, 3.8) is 0 Å². The van der Waals surface area contributed by atoms with Crippen molar-refractivity contribution in [2.75, 3.05) is 24.4 Å². The molecular formula is C20H21N3O3. The summed E-state index contributed by atoms with van der Waals surface area (Å²) in [4.78, 5) is 15.9. The van der Waals surface area contributed by atoms with Gasteiger partial charge < -0.3 is 20.1 Å². The van der Waals surface area contributed by atoms with E-state index in [1.807, 2.05) is 54.6 Å².